The van der Waals surface area contributed by atoms with E-state index in [-0.39, 0.29) is 23.0 Å². The van der Waals surface area contributed by atoms with E-state index in [2.05, 4.69) is 4.98 Å². The first-order chi connectivity index (χ1) is 22.5. The Labute approximate surface area is 276 Å². The van der Waals surface area contributed by atoms with E-state index in [0.29, 0.717) is 35.7 Å². The number of aromatic amines is 1. The molecule has 1 aromatic heterocycles. The number of carbonyl (C=O) groups is 2. The molecule has 1 amide bonds. The van der Waals surface area contributed by atoms with Crippen molar-refractivity contribution >= 4 is 50.8 Å². The number of ether oxygens (including phenoxy) is 4. The number of alkyl halides is 1. The second-order valence-corrected chi connectivity index (χ2v) is 12.9. The highest BCUT2D eigenvalue weighted by Gasteiger charge is 2.49. The fourth-order valence-corrected chi connectivity index (χ4v) is 6.41. The number of nitrogens with zero attached hydrogens (tertiary/aromatic N) is 2. The van der Waals surface area contributed by atoms with Crippen LogP contribution in [-0.4, -0.2) is 114 Å². The van der Waals surface area contributed by atoms with Crippen LogP contribution in [0, 0.1) is 0 Å². The first-order valence-electron chi connectivity index (χ1n) is 15.3. The van der Waals surface area contributed by atoms with Crippen molar-refractivity contribution in [3.05, 3.63) is 65.9 Å². The molecule has 0 radical (unpaired) electrons. The summed E-state index contributed by atoms with van der Waals surface area (Å²) in [7, 11) is 5.07. The molecule has 13 heteroatoms. The van der Waals surface area contributed by atoms with E-state index in [0.717, 1.165) is 35.5 Å². The predicted molar refractivity (Wildman–Crippen MR) is 175 cm³/mol. The fraction of sp³-hybridized carbons (Fsp3) is 0.412. The van der Waals surface area contributed by atoms with Gasteiger partial charge in [0.1, 0.15) is 42.1 Å². The van der Waals surface area contributed by atoms with Gasteiger partial charge >= 0.3 is 5.97 Å². The van der Waals surface area contributed by atoms with Gasteiger partial charge < -0.3 is 49.1 Å². The molecule has 0 aliphatic carbocycles. The van der Waals surface area contributed by atoms with Gasteiger partial charge in [-0.25, -0.2) is 4.79 Å². The molecule has 47 heavy (non-hydrogen) atoms. The second kappa shape index (κ2) is 13.3. The summed E-state index contributed by atoms with van der Waals surface area (Å²) in [6, 6.07) is 16.5. The molecule has 1 saturated heterocycles. The molecule has 4 N–H and O–H groups in total. The van der Waals surface area contributed by atoms with Crippen LogP contribution in [0.4, 0.5) is 5.69 Å². The molecule has 2 aliphatic rings. The zero-order valence-electron chi connectivity index (χ0n) is 26.4. The normalized spacial score (nSPS) is 24.8. The average molecular weight is 668 g/mol. The summed E-state index contributed by atoms with van der Waals surface area (Å²) in [6.45, 7) is 3.49. The number of H-pyrrole nitrogens is 1. The number of amides is 1. The third-order valence-corrected chi connectivity index (χ3v) is 9.05. The summed E-state index contributed by atoms with van der Waals surface area (Å²) in [4.78, 5) is 33.4. The Morgan fingerprint density at radius 2 is 1.81 bits per heavy atom. The Kier molecular flexibility index (Phi) is 9.34. The minimum absolute atomic E-state index is 0.215. The molecule has 0 saturated carbocycles. The number of carbonyl (C=O) groups excluding carboxylic acids is 2. The Morgan fingerprint density at radius 3 is 2.51 bits per heavy atom. The lowest BCUT2D eigenvalue weighted by molar-refractivity contribution is -0.271. The first kappa shape index (κ1) is 33.0. The monoisotopic (exact) mass is 667 g/mol. The topological polar surface area (TPSA) is 154 Å². The number of anilines is 1. The van der Waals surface area contributed by atoms with Gasteiger partial charge in [-0.05, 0) is 56.2 Å². The summed E-state index contributed by atoms with van der Waals surface area (Å²) >= 11 is 6.73. The number of esters is 1. The van der Waals surface area contributed by atoms with Gasteiger partial charge in [-0.2, -0.15) is 0 Å². The highest BCUT2D eigenvalue weighted by molar-refractivity contribution is 6.22. The van der Waals surface area contributed by atoms with Crippen LogP contribution in [0.2, 0.25) is 0 Å². The van der Waals surface area contributed by atoms with Gasteiger partial charge in [-0.1, -0.05) is 24.3 Å². The predicted octanol–water partition coefficient (Wildman–Crippen LogP) is 2.99. The fourth-order valence-electron chi connectivity index (χ4n) is 6.20. The van der Waals surface area contributed by atoms with Gasteiger partial charge in [0.2, 0.25) is 6.29 Å². The second-order valence-electron chi connectivity index (χ2n) is 12.2. The molecule has 3 aromatic carbocycles. The quantitative estimate of drug-likeness (QED) is 0.155. The lowest BCUT2D eigenvalue weighted by Crippen LogP contribution is -2.61. The van der Waals surface area contributed by atoms with E-state index >= 15 is 0 Å². The first-order valence-corrected chi connectivity index (χ1v) is 15.8. The Bertz CT molecular complexity index is 1790. The Balaban J connectivity index is 1.37. The minimum Gasteiger partial charge on any atom is -0.492 e. The smallest absolute Gasteiger partial charge is 0.337 e. The minimum atomic E-state index is -1.75. The number of aliphatic hydroxyl groups is 3. The van der Waals surface area contributed by atoms with Crippen LogP contribution in [0.15, 0.2) is 54.6 Å². The number of hydrogen-bond acceptors (Lipinski definition) is 10. The molecule has 0 spiro atoms. The molecule has 6 rings (SSSR count). The van der Waals surface area contributed by atoms with Gasteiger partial charge in [0.15, 0.2) is 6.10 Å². The maximum absolute atomic E-state index is 14.2. The number of aromatic nitrogens is 1. The third-order valence-electron chi connectivity index (χ3n) is 8.74. The van der Waals surface area contributed by atoms with Crippen LogP contribution >= 0.6 is 11.6 Å². The number of nitrogens with one attached hydrogen (secondary N) is 1. The molecule has 1 fully saturated rings. The maximum Gasteiger partial charge on any atom is 0.337 e. The SMILES string of the molecule is COC(=O)[C@H]1O[C@@H](Oc2cc3c(c4ccccc24)[C@H]([C@@H](C)Cl)CN3C(=O)c2cc3cc(OCCN(C)C)ccc3[nH]2)[C@H](O)[C@@H](O)[C@@H]1O. The standard InChI is InChI=1S/C34H38ClN3O9/c1-17(35)22-16-38(32(42)24-14-18-13-19(9-10-23(18)36-24)45-12-11-37(2)3)25-15-26(20-7-5-6-8-21(20)27(22)25)46-34-30(41)28(39)29(40)31(47-34)33(43)44-4/h5-10,13-15,17,22,28-31,34,36,39-41H,11-12,16H2,1-4H3/t17-,22+,28+,29+,30-,31+,34-/m1/s1. The van der Waals surface area contributed by atoms with Crippen LogP contribution < -0.4 is 14.4 Å². The summed E-state index contributed by atoms with van der Waals surface area (Å²) in [5, 5.41) is 33.5. The van der Waals surface area contributed by atoms with Crippen molar-refractivity contribution in [1.29, 1.82) is 0 Å². The number of halogens is 1. The molecule has 12 nitrogen and oxygen atoms in total. The number of methoxy groups -OCH3 is 1. The van der Waals surface area contributed by atoms with E-state index < -0.39 is 36.7 Å². The molecule has 0 bridgehead atoms. The molecule has 250 valence electrons. The maximum atomic E-state index is 14.2. The van der Waals surface area contributed by atoms with Crippen molar-refractivity contribution in [3.8, 4) is 11.5 Å². The average Bonchev–Trinajstić information content (AvgIpc) is 3.66. The summed E-state index contributed by atoms with van der Waals surface area (Å²) in [5.41, 5.74) is 2.58. The van der Waals surface area contributed by atoms with Crippen molar-refractivity contribution in [2.45, 2.75) is 48.9 Å². The van der Waals surface area contributed by atoms with E-state index in [1.165, 1.54) is 0 Å². The summed E-state index contributed by atoms with van der Waals surface area (Å²) in [6.07, 6.45) is -8.32. The number of hydrogen-bond donors (Lipinski definition) is 4. The molecule has 4 aromatic rings. The number of benzene rings is 3. The van der Waals surface area contributed by atoms with Gasteiger partial charge in [0.25, 0.3) is 5.91 Å². The van der Waals surface area contributed by atoms with E-state index in [9.17, 15) is 24.9 Å². The van der Waals surface area contributed by atoms with Crippen LogP contribution in [0.3, 0.4) is 0 Å². The molecular weight excluding hydrogens is 630 g/mol. The lowest BCUT2D eigenvalue weighted by Gasteiger charge is -2.39. The largest absolute Gasteiger partial charge is 0.492 e. The Morgan fingerprint density at radius 1 is 1.06 bits per heavy atom. The van der Waals surface area contributed by atoms with Crippen molar-refractivity contribution in [2.75, 3.05) is 45.8 Å². The zero-order chi connectivity index (χ0) is 33.6. The Hall–Kier alpha value is -3.91. The van der Waals surface area contributed by atoms with Crippen LogP contribution in [-0.2, 0) is 14.3 Å². The van der Waals surface area contributed by atoms with Crippen LogP contribution in [0.25, 0.3) is 21.7 Å². The number of rotatable bonds is 9. The molecule has 3 heterocycles. The number of fused-ring (bicyclic) bond motifs is 4. The zero-order valence-corrected chi connectivity index (χ0v) is 27.2. The number of aliphatic hydroxyl groups excluding tert-OH is 3. The molecule has 0 unspecified atom stereocenters. The van der Waals surface area contributed by atoms with Gasteiger partial charge in [-0.15, -0.1) is 11.6 Å². The van der Waals surface area contributed by atoms with Crippen molar-refractivity contribution < 1.29 is 43.9 Å². The summed E-state index contributed by atoms with van der Waals surface area (Å²) in [5.74, 6) is -0.499. The van der Waals surface area contributed by atoms with Gasteiger partial charge in [0.05, 0.1) is 12.8 Å². The van der Waals surface area contributed by atoms with Crippen LogP contribution in [0.5, 0.6) is 11.5 Å². The van der Waals surface area contributed by atoms with E-state index in [1.54, 1.807) is 17.0 Å². The van der Waals surface area contributed by atoms with Crippen molar-refractivity contribution in [2.24, 2.45) is 0 Å². The van der Waals surface area contributed by atoms with Gasteiger partial charge in [0, 0.05) is 46.7 Å². The van der Waals surface area contributed by atoms with E-state index in [1.807, 2.05) is 68.4 Å². The summed E-state index contributed by atoms with van der Waals surface area (Å²) < 4.78 is 22.3. The molecular formula is C34H38ClN3O9. The van der Waals surface area contributed by atoms with Crippen LogP contribution in [0.1, 0.15) is 28.9 Å². The molecule has 2 aliphatic heterocycles. The van der Waals surface area contributed by atoms with Crippen molar-refractivity contribution in [1.82, 2.24) is 9.88 Å². The highest BCUT2D eigenvalue weighted by atomic mass is 35.5. The van der Waals surface area contributed by atoms with E-state index in [4.69, 9.17) is 30.5 Å². The number of likely N-dealkylation sites (N-methyl/N-ethyl adjacent to an activating group) is 1. The molecule has 7 atom stereocenters. The van der Waals surface area contributed by atoms with Crippen molar-refractivity contribution in [3.63, 3.8) is 0 Å². The third kappa shape index (κ3) is 6.24. The van der Waals surface area contributed by atoms with Gasteiger partial charge in [-0.3, -0.25) is 4.79 Å². The lowest BCUT2D eigenvalue weighted by atomic mass is 9.92. The highest BCUT2D eigenvalue weighted by Crippen LogP contribution is 2.48.